The van der Waals surface area contributed by atoms with Gasteiger partial charge in [0.2, 0.25) is 0 Å². The Morgan fingerprint density at radius 1 is 1.22 bits per heavy atom. The molecule has 0 aliphatic carbocycles. The summed E-state index contributed by atoms with van der Waals surface area (Å²) >= 11 is 1.19. The van der Waals surface area contributed by atoms with Gasteiger partial charge in [-0.1, -0.05) is 18.2 Å². The summed E-state index contributed by atoms with van der Waals surface area (Å²) in [6.45, 7) is 2.21. The van der Waals surface area contributed by atoms with Gasteiger partial charge in [-0.25, -0.2) is 8.42 Å². The van der Waals surface area contributed by atoms with E-state index in [-0.39, 0.29) is 4.21 Å². The van der Waals surface area contributed by atoms with Gasteiger partial charge in [-0.05, 0) is 30.7 Å². The second kappa shape index (κ2) is 5.09. The third kappa shape index (κ3) is 2.72. The molecule has 0 spiro atoms. The first-order chi connectivity index (χ1) is 8.53. The molecule has 0 aliphatic heterocycles. The van der Waals surface area contributed by atoms with Crippen molar-refractivity contribution in [2.24, 2.45) is 5.73 Å². The maximum absolute atomic E-state index is 12.1. The van der Waals surface area contributed by atoms with Crippen LogP contribution in [0.15, 0.2) is 40.6 Å². The van der Waals surface area contributed by atoms with Gasteiger partial charge in [0, 0.05) is 11.4 Å². The van der Waals surface area contributed by atoms with Crippen molar-refractivity contribution in [3.05, 3.63) is 46.8 Å². The zero-order valence-corrected chi connectivity index (χ0v) is 11.5. The number of thiophene rings is 1. The molecular weight excluding hydrogens is 268 g/mol. The number of rotatable bonds is 4. The third-order valence-corrected chi connectivity index (χ3v) is 5.46. The zero-order chi connectivity index (χ0) is 13.2. The molecule has 0 amide bonds. The van der Waals surface area contributed by atoms with Crippen molar-refractivity contribution in [2.75, 3.05) is 4.72 Å². The SMILES string of the molecule is Cc1ccccc1NS(=O)(=O)c1ccc(CN)s1. The van der Waals surface area contributed by atoms with Crippen LogP contribution < -0.4 is 10.5 Å². The monoisotopic (exact) mass is 282 g/mol. The standard InChI is InChI=1S/C12H14N2O2S2/c1-9-4-2-3-5-11(9)14-18(15,16)12-7-6-10(8-13)17-12/h2-7,14H,8,13H2,1H3. The quantitative estimate of drug-likeness (QED) is 0.904. The average molecular weight is 282 g/mol. The molecule has 0 radical (unpaired) electrons. The van der Waals surface area contributed by atoms with Crippen LogP contribution in [0.25, 0.3) is 0 Å². The van der Waals surface area contributed by atoms with Crippen molar-refractivity contribution in [2.45, 2.75) is 17.7 Å². The number of aryl methyl sites for hydroxylation is 1. The minimum atomic E-state index is -3.51. The minimum absolute atomic E-state index is 0.284. The first-order valence-corrected chi connectivity index (χ1v) is 7.70. The van der Waals surface area contributed by atoms with Gasteiger partial charge in [-0.3, -0.25) is 4.72 Å². The molecule has 6 heteroatoms. The van der Waals surface area contributed by atoms with Crippen LogP contribution in [0.4, 0.5) is 5.69 Å². The van der Waals surface area contributed by atoms with Crippen LogP contribution in [0.3, 0.4) is 0 Å². The molecular formula is C12H14N2O2S2. The van der Waals surface area contributed by atoms with E-state index in [1.807, 2.05) is 19.1 Å². The van der Waals surface area contributed by atoms with E-state index >= 15 is 0 Å². The first kappa shape index (κ1) is 13.1. The molecule has 0 bridgehead atoms. The summed E-state index contributed by atoms with van der Waals surface area (Å²) in [5.74, 6) is 0. The minimum Gasteiger partial charge on any atom is -0.326 e. The fourth-order valence-electron chi connectivity index (χ4n) is 1.49. The molecule has 2 rings (SSSR count). The number of anilines is 1. The third-order valence-electron chi connectivity index (χ3n) is 2.49. The van der Waals surface area contributed by atoms with Crippen LogP contribution in [0, 0.1) is 6.92 Å². The van der Waals surface area contributed by atoms with Gasteiger partial charge in [0.05, 0.1) is 5.69 Å². The van der Waals surface area contributed by atoms with E-state index in [9.17, 15) is 8.42 Å². The van der Waals surface area contributed by atoms with Crippen LogP contribution in [-0.4, -0.2) is 8.42 Å². The predicted molar refractivity (Wildman–Crippen MR) is 74.2 cm³/mol. The highest BCUT2D eigenvalue weighted by molar-refractivity contribution is 7.94. The van der Waals surface area contributed by atoms with E-state index in [0.29, 0.717) is 12.2 Å². The summed E-state index contributed by atoms with van der Waals surface area (Å²) in [5, 5.41) is 0. The Morgan fingerprint density at radius 3 is 2.56 bits per heavy atom. The first-order valence-electron chi connectivity index (χ1n) is 5.40. The Morgan fingerprint density at radius 2 is 1.94 bits per heavy atom. The molecule has 0 fully saturated rings. The van der Waals surface area contributed by atoms with Crippen molar-refractivity contribution in [3.63, 3.8) is 0 Å². The van der Waals surface area contributed by atoms with Crippen LogP contribution >= 0.6 is 11.3 Å². The number of hydrogen-bond donors (Lipinski definition) is 2. The summed E-state index contributed by atoms with van der Waals surface area (Å²) in [4.78, 5) is 0.847. The van der Waals surface area contributed by atoms with Crippen LogP contribution in [0.2, 0.25) is 0 Å². The molecule has 0 aliphatic rings. The van der Waals surface area contributed by atoms with Crippen LogP contribution in [0.5, 0.6) is 0 Å². The predicted octanol–water partition coefficient (Wildman–Crippen LogP) is 2.32. The smallest absolute Gasteiger partial charge is 0.271 e. The maximum atomic E-state index is 12.1. The Hall–Kier alpha value is -1.37. The second-order valence-electron chi connectivity index (χ2n) is 3.85. The van der Waals surface area contributed by atoms with Crippen molar-refractivity contribution in [1.82, 2.24) is 0 Å². The highest BCUT2D eigenvalue weighted by Crippen LogP contribution is 2.24. The summed E-state index contributed by atoms with van der Waals surface area (Å²) in [7, 11) is -3.51. The van der Waals surface area contributed by atoms with Gasteiger partial charge in [-0.2, -0.15) is 0 Å². The van der Waals surface area contributed by atoms with Gasteiger partial charge in [0.15, 0.2) is 0 Å². The lowest BCUT2D eigenvalue weighted by Gasteiger charge is -2.08. The molecule has 1 aromatic carbocycles. The fourth-order valence-corrected chi connectivity index (χ4v) is 3.86. The topological polar surface area (TPSA) is 72.2 Å². The van der Waals surface area contributed by atoms with Gasteiger partial charge >= 0.3 is 0 Å². The molecule has 0 saturated heterocycles. The molecule has 0 unspecified atom stereocenters. The van der Waals surface area contributed by atoms with Gasteiger partial charge in [0.1, 0.15) is 4.21 Å². The van der Waals surface area contributed by atoms with E-state index < -0.39 is 10.0 Å². The van der Waals surface area contributed by atoms with E-state index in [2.05, 4.69) is 4.72 Å². The summed E-state index contributed by atoms with van der Waals surface area (Å²) in [6.07, 6.45) is 0. The molecule has 1 aromatic heterocycles. The molecule has 18 heavy (non-hydrogen) atoms. The number of para-hydroxylation sites is 1. The molecule has 1 heterocycles. The largest absolute Gasteiger partial charge is 0.326 e. The Balaban J connectivity index is 2.30. The average Bonchev–Trinajstić information content (AvgIpc) is 2.81. The van der Waals surface area contributed by atoms with Crippen molar-refractivity contribution in [1.29, 1.82) is 0 Å². The van der Waals surface area contributed by atoms with Gasteiger partial charge in [-0.15, -0.1) is 11.3 Å². The summed E-state index contributed by atoms with van der Waals surface area (Å²) < 4.78 is 27.1. The highest BCUT2D eigenvalue weighted by Gasteiger charge is 2.17. The van der Waals surface area contributed by atoms with E-state index in [1.54, 1.807) is 24.3 Å². The fraction of sp³-hybridized carbons (Fsp3) is 0.167. The lowest BCUT2D eigenvalue weighted by Crippen LogP contribution is -2.12. The lowest BCUT2D eigenvalue weighted by molar-refractivity contribution is 0.603. The van der Waals surface area contributed by atoms with Gasteiger partial charge in [0.25, 0.3) is 10.0 Å². The van der Waals surface area contributed by atoms with Crippen LogP contribution in [-0.2, 0) is 16.6 Å². The highest BCUT2D eigenvalue weighted by atomic mass is 32.2. The lowest BCUT2D eigenvalue weighted by atomic mass is 10.2. The molecule has 0 atom stereocenters. The van der Waals surface area contributed by atoms with Crippen molar-refractivity contribution in [3.8, 4) is 0 Å². The summed E-state index contributed by atoms with van der Waals surface area (Å²) in [5.41, 5.74) is 6.96. The Kier molecular flexibility index (Phi) is 3.70. The zero-order valence-electron chi connectivity index (χ0n) is 9.88. The molecule has 2 aromatic rings. The maximum Gasteiger partial charge on any atom is 0.271 e. The Bertz CT molecular complexity index is 648. The van der Waals surface area contributed by atoms with E-state index in [1.165, 1.54) is 11.3 Å². The van der Waals surface area contributed by atoms with Gasteiger partial charge < -0.3 is 5.73 Å². The number of benzene rings is 1. The molecule has 96 valence electrons. The molecule has 0 saturated carbocycles. The molecule has 4 nitrogen and oxygen atoms in total. The number of hydrogen-bond acceptors (Lipinski definition) is 4. The number of sulfonamides is 1. The molecule has 3 N–H and O–H groups in total. The normalized spacial score (nSPS) is 11.4. The number of nitrogens with one attached hydrogen (secondary N) is 1. The number of nitrogens with two attached hydrogens (primary N) is 1. The summed E-state index contributed by atoms with van der Waals surface area (Å²) in [6, 6.07) is 10.6. The van der Waals surface area contributed by atoms with Crippen LogP contribution in [0.1, 0.15) is 10.4 Å². The van der Waals surface area contributed by atoms with Crippen molar-refractivity contribution < 1.29 is 8.42 Å². The van der Waals surface area contributed by atoms with E-state index in [4.69, 9.17) is 5.73 Å². The Labute approximate surface area is 111 Å². The second-order valence-corrected chi connectivity index (χ2v) is 6.92. The van der Waals surface area contributed by atoms with E-state index in [0.717, 1.165) is 10.4 Å². The van der Waals surface area contributed by atoms with Crippen molar-refractivity contribution >= 4 is 27.0 Å².